The van der Waals surface area contributed by atoms with E-state index in [-0.39, 0.29) is 0 Å². The van der Waals surface area contributed by atoms with Crippen molar-refractivity contribution in [2.75, 3.05) is 0 Å². The summed E-state index contributed by atoms with van der Waals surface area (Å²) in [4.78, 5) is 0. The van der Waals surface area contributed by atoms with E-state index in [0.29, 0.717) is 6.61 Å². The molecule has 0 aliphatic heterocycles. The molecule has 94 valence electrons. The first-order valence-electron chi connectivity index (χ1n) is 6.02. The lowest BCUT2D eigenvalue weighted by Crippen LogP contribution is -2.01. The number of benzene rings is 2. The quantitative estimate of drug-likeness (QED) is 0.779. The molecular weight excluding hydrogens is 288 g/mol. The Bertz CT molecular complexity index is 538. The highest BCUT2D eigenvalue weighted by atomic mass is 79.9. The van der Waals surface area contributed by atoms with Crippen molar-refractivity contribution in [3.05, 3.63) is 63.1 Å². The van der Waals surface area contributed by atoms with Gasteiger partial charge in [0.1, 0.15) is 12.4 Å². The van der Waals surface area contributed by atoms with E-state index < -0.39 is 0 Å². The van der Waals surface area contributed by atoms with E-state index in [0.717, 1.165) is 10.2 Å². The van der Waals surface area contributed by atoms with Crippen LogP contribution in [0, 0.1) is 20.8 Å². The van der Waals surface area contributed by atoms with Gasteiger partial charge in [0, 0.05) is 0 Å². The van der Waals surface area contributed by atoms with Gasteiger partial charge in [-0.1, -0.05) is 29.8 Å². The molecule has 2 rings (SSSR count). The Morgan fingerprint density at radius 3 is 2.22 bits per heavy atom. The Kier molecular flexibility index (Phi) is 4.07. The van der Waals surface area contributed by atoms with E-state index in [1.165, 1.54) is 22.3 Å². The van der Waals surface area contributed by atoms with Gasteiger partial charge in [0.2, 0.25) is 0 Å². The number of para-hydroxylation sites is 1. The standard InChI is InChI=1S/C16H17BrO/c1-11-8-12(2)14(13(3)9-11)10-18-16-7-5-4-6-15(16)17/h4-9H,10H2,1-3H3. The summed E-state index contributed by atoms with van der Waals surface area (Å²) in [5.74, 6) is 0.886. The van der Waals surface area contributed by atoms with Crippen LogP contribution in [0.25, 0.3) is 0 Å². The van der Waals surface area contributed by atoms with E-state index >= 15 is 0 Å². The van der Waals surface area contributed by atoms with Crippen LogP contribution >= 0.6 is 15.9 Å². The fraction of sp³-hybridized carbons (Fsp3) is 0.250. The maximum absolute atomic E-state index is 5.88. The molecule has 2 aromatic rings. The third-order valence-corrected chi connectivity index (χ3v) is 3.70. The summed E-state index contributed by atoms with van der Waals surface area (Å²) < 4.78 is 6.87. The van der Waals surface area contributed by atoms with Crippen molar-refractivity contribution >= 4 is 15.9 Å². The number of ether oxygens (including phenoxy) is 1. The van der Waals surface area contributed by atoms with Crippen LogP contribution in [0.1, 0.15) is 22.3 Å². The molecular formula is C16H17BrO. The molecule has 0 bridgehead atoms. The predicted molar refractivity (Wildman–Crippen MR) is 79.1 cm³/mol. The smallest absolute Gasteiger partial charge is 0.133 e. The number of hydrogen-bond acceptors (Lipinski definition) is 1. The monoisotopic (exact) mass is 304 g/mol. The van der Waals surface area contributed by atoms with Gasteiger partial charge in [-0.2, -0.15) is 0 Å². The molecule has 18 heavy (non-hydrogen) atoms. The molecule has 2 heteroatoms. The van der Waals surface area contributed by atoms with Crippen molar-refractivity contribution in [2.45, 2.75) is 27.4 Å². The molecule has 0 N–H and O–H groups in total. The molecule has 0 radical (unpaired) electrons. The highest BCUT2D eigenvalue weighted by molar-refractivity contribution is 9.10. The summed E-state index contributed by atoms with van der Waals surface area (Å²) in [5, 5.41) is 0. The summed E-state index contributed by atoms with van der Waals surface area (Å²) in [5.41, 5.74) is 5.16. The van der Waals surface area contributed by atoms with Crippen LogP contribution in [-0.2, 0) is 6.61 Å². The molecule has 0 aliphatic carbocycles. The molecule has 0 aliphatic rings. The molecule has 2 aromatic carbocycles. The maximum Gasteiger partial charge on any atom is 0.133 e. The molecule has 0 unspecified atom stereocenters. The van der Waals surface area contributed by atoms with Gasteiger partial charge < -0.3 is 4.74 Å². The van der Waals surface area contributed by atoms with E-state index in [2.05, 4.69) is 48.8 Å². The second kappa shape index (κ2) is 5.57. The molecule has 0 saturated carbocycles. The first kappa shape index (κ1) is 13.2. The first-order chi connectivity index (χ1) is 8.58. The normalized spacial score (nSPS) is 10.4. The van der Waals surface area contributed by atoms with Gasteiger partial charge in [0.05, 0.1) is 4.47 Å². The van der Waals surface area contributed by atoms with Gasteiger partial charge in [0.25, 0.3) is 0 Å². The Morgan fingerprint density at radius 1 is 1.00 bits per heavy atom. The van der Waals surface area contributed by atoms with Gasteiger partial charge in [-0.25, -0.2) is 0 Å². The van der Waals surface area contributed by atoms with Crippen LogP contribution in [0.4, 0.5) is 0 Å². The zero-order chi connectivity index (χ0) is 13.1. The Morgan fingerprint density at radius 2 is 1.61 bits per heavy atom. The molecule has 0 fully saturated rings. The largest absolute Gasteiger partial charge is 0.488 e. The minimum absolute atomic E-state index is 0.612. The maximum atomic E-state index is 5.88. The first-order valence-corrected chi connectivity index (χ1v) is 6.81. The second-order valence-electron chi connectivity index (χ2n) is 4.60. The highest BCUT2D eigenvalue weighted by Gasteiger charge is 2.06. The van der Waals surface area contributed by atoms with E-state index in [9.17, 15) is 0 Å². The lowest BCUT2D eigenvalue weighted by atomic mass is 10.0. The van der Waals surface area contributed by atoms with Gasteiger partial charge in [-0.3, -0.25) is 0 Å². The van der Waals surface area contributed by atoms with E-state index in [4.69, 9.17) is 4.74 Å². The molecule has 0 aromatic heterocycles. The molecule has 0 heterocycles. The molecule has 0 amide bonds. The number of aryl methyl sites for hydroxylation is 3. The highest BCUT2D eigenvalue weighted by Crippen LogP contribution is 2.26. The van der Waals surface area contributed by atoms with Crippen LogP contribution in [-0.4, -0.2) is 0 Å². The zero-order valence-corrected chi connectivity index (χ0v) is 12.5. The molecule has 0 saturated heterocycles. The SMILES string of the molecule is Cc1cc(C)c(COc2ccccc2Br)c(C)c1. The molecule has 0 spiro atoms. The van der Waals surface area contributed by atoms with Crippen molar-refractivity contribution in [3.8, 4) is 5.75 Å². The van der Waals surface area contributed by atoms with Crippen molar-refractivity contribution in [1.29, 1.82) is 0 Å². The van der Waals surface area contributed by atoms with Crippen molar-refractivity contribution < 1.29 is 4.74 Å². The summed E-state index contributed by atoms with van der Waals surface area (Å²) in [7, 11) is 0. The fourth-order valence-corrected chi connectivity index (χ4v) is 2.55. The van der Waals surface area contributed by atoms with E-state index in [1.54, 1.807) is 0 Å². The van der Waals surface area contributed by atoms with E-state index in [1.807, 2.05) is 24.3 Å². The lowest BCUT2D eigenvalue weighted by Gasteiger charge is -2.13. The summed E-state index contributed by atoms with van der Waals surface area (Å²) in [6, 6.07) is 12.3. The predicted octanol–water partition coefficient (Wildman–Crippen LogP) is 4.95. The second-order valence-corrected chi connectivity index (χ2v) is 5.45. The third-order valence-electron chi connectivity index (χ3n) is 3.05. The lowest BCUT2D eigenvalue weighted by molar-refractivity contribution is 0.302. The van der Waals surface area contributed by atoms with Gasteiger partial charge in [0.15, 0.2) is 0 Å². The Balaban J connectivity index is 2.19. The van der Waals surface area contributed by atoms with Crippen LogP contribution in [0.2, 0.25) is 0 Å². The van der Waals surface area contributed by atoms with Crippen molar-refractivity contribution in [2.24, 2.45) is 0 Å². The van der Waals surface area contributed by atoms with Crippen LogP contribution in [0.15, 0.2) is 40.9 Å². The topological polar surface area (TPSA) is 9.23 Å². The van der Waals surface area contributed by atoms with Gasteiger partial charge in [-0.15, -0.1) is 0 Å². The van der Waals surface area contributed by atoms with Crippen molar-refractivity contribution in [3.63, 3.8) is 0 Å². The minimum Gasteiger partial charge on any atom is -0.488 e. The number of halogens is 1. The van der Waals surface area contributed by atoms with Crippen LogP contribution in [0.3, 0.4) is 0 Å². The average Bonchev–Trinajstić information content (AvgIpc) is 2.30. The Labute approximate surface area is 117 Å². The van der Waals surface area contributed by atoms with Gasteiger partial charge >= 0.3 is 0 Å². The minimum atomic E-state index is 0.612. The molecule has 0 atom stereocenters. The summed E-state index contributed by atoms with van der Waals surface area (Å²) >= 11 is 3.49. The summed E-state index contributed by atoms with van der Waals surface area (Å²) in [6.07, 6.45) is 0. The summed E-state index contributed by atoms with van der Waals surface area (Å²) in [6.45, 7) is 7.01. The third kappa shape index (κ3) is 2.94. The number of rotatable bonds is 3. The zero-order valence-electron chi connectivity index (χ0n) is 11.0. The van der Waals surface area contributed by atoms with Gasteiger partial charge in [-0.05, 0) is 65.5 Å². The number of hydrogen-bond donors (Lipinski definition) is 0. The fourth-order valence-electron chi connectivity index (χ4n) is 2.15. The van der Waals surface area contributed by atoms with Crippen LogP contribution in [0.5, 0.6) is 5.75 Å². The average molecular weight is 305 g/mol. The molecule has 1 nitrogen and oxygen atoms in total. The van der Waals surface area contributed by atoms with Crippen molar-refractivity contribution in [1.82, 2.24) is 0 Å². The Hall–Kier alpha value is -1.28. The van der Waals surface area contributed by atoms with Crippen LogP contribution < -0.4 is 4.74 Å².